The second-order valence-electron chi connectivity index (χ2n) is 6.30. The molecule has 0 radical (unpaired) electrons. The molecule has 4 heteroatoms. The molecular formula is C16H20N2OS. The highest BCUT2D eigenvalue weighted by atomic mass is 32.2. The highest BCUT2D eigenvalue weighted by molar-refractivity contribution is 8.03. The Morgan fingerprint density at radius 3 is 3.10 bits per heavy atom. The topological polar surface area (TPSA) is 23.6 Å². The van der Waals surface area contributed by atoms with E-state index in [1.807, 2.05) is 11.8 Å². The Hall–Kier alpha value is -1.00. The summed E-state index contributed by atoms with van der Waals surface area (Å²) in [6.07, 6.45) is 9.29. The van der Waals surface area contributed by atoms with Crippen molar-refractivity contribution in [2.24, 2.45) is 5.92 Å². The Morgan fingerprint density at radius 2 is 2.30 bits per heavy atom. The molecule has 0 aliphatic carbocycles. The fraction of sp³-hybridized carbons (Fsp3) is 0.562. The molecule has 106 valence electrons. The molecule has 20 heavy (non-hydrogen) atoms. The minimum Gasteiger partial charge on any atom is -0.349 e. The maximum atomic E-state index is 11.6. The van der Waals surface area contributed by atoms with E-state index in [4.69, 9.17) is 0 Å². The number of Topliss-reactive ketones (excluding diaryl/α,β-unsaturated/α-hetero) is 1. The number of ketones is 1. The highest BCUT2D eigenvalue weighted by Gasteiger charge is 2.35. The van der Waals surface area contributed by atoms with Crippen molar-refractivity contribution in [2.45, 2.75) is 25.8 Å². The Bertz CT molecular complexity index is 537. The summed E-state index contributed by atoms with van der Waals surface area (Å²) in [5, 5.41) is 0. The zero-order chi connectivity index (χ0) is 13.7. The van der Waals surface area contributed by atoms with Crippen molar-refractivity contribution in [3.8, 4) is 0 Å². The third kappa shape index (κ3) is 2.06. The van der Waals surface area contributed by atoms with Gasteiger partial charge in [0.1, 0.15) is 0 Å². The molecule has 1 unspecified atom stereocenters. The lowest BCUT2D eigenvalue weighted by atomic mass is 9.95. The molecule has 4 rings (SSSR count). The van der Waals surface area contributed by atoms with E-state index in [2.05, 4.69) is 28.3 Å². The van der Waals surface area contributed by atoms with Gasteiger partial charge in [-0.25, -0.2) is 0 Å². The van der Waals surface area contributed by atoms with E-state index >= 15 is 0 Å². The Balaban J connectivity index is 1.56. The minimum atomic E-state index is 0.218. The molecule has 2 bridgehead atoms. The monoisotopic (exact) mass is 288 g/mol. The van der Waals surface area contributed by atoms with Gasteiger partial charge < -0.3 is 9.80 Å². The number of piperidine rings is 1. The molecular weight excluding hydrogens is 268 g/mol. The number of carbonyl (C=O) groups excluding carboxylic acids is 1. The quantitative estimate of drug-likeness (QED) is 0.778. The summed E-state index contributed by atoms with van der Waals surface area (Å²) in [6.45, 7) is 5.45. The molecule has 0 amide bonds. The van der Waals surface area contributed by atoms with Crippen LogP contribution >= 0.6 is 11.8 Å². The number of rotatable bonds is 2. The second-order valence-corrected chi connectivity index (χ2v) is 7.31. The van der Waals surface area contributed by atoms with Crippen molar-refractivity contribution in [3.63, 3.8) is 0 Å². The van der Waals surface area contributed by atoms with Crippen molar-refractivity contribution in [1.29, 1.82) is 0 Å². The van der Waals surface area contributed by atoms with Crippen molar-refractivity contribution >= 4 is 17.5 Å². The fourth-order valence-corrected chi connectivity index (χ4v) is 5.05. The van der Waals surface area contributed by atoms with Crippen LogP contribution in [-0.2, 0) is 4.79 Å². The van der Waals surface area contributed by atoms with Crippen LogP contribution in [0.1, 0.15) is 19.8 Å². The third-order valence-corrected chi connectivity index (χ3v) is 6.00. The van der Waals surface area contributed by atoms with Crippen molar-refractivity contribution in [1.82, 2.24) is 9.80 Å². The van der Waals surface area contributed by atoms with E-state index in [1.54, 1.807) is 6.92 Å². The van der Waals surface area contributed by atoms with Crippen LogP contribution in [0.3, 0.4) is 0 Å². The van der Waals surface area contributed by atoms with Gasteiger partial charge in [0.05, 0.1) is 0 Å². The van der Waals surface area contributed by atoms with Gasteiger partial charge in [-0.15, -0.1) is 11.8 Å². The Morgan fingerprint density at radius 1 is 1.40 bits per heavy atom. The zero-order valence-electron chi connectivity index (χ0n) is 11.8. The van der Waals surface area contributed by atoms with E-state index < -0.39 is 0 Å². The summed E-state index contributed by atoms with van der Waals surface area (Å²) in [4.78, 5) is 17.9. The molecule has 2 saturated heterocycles. The van der Waals surface area contributed by atoms with Gasteiger partial charge in [-0.05, 0) is 43.9 Å². The lowest BCUT2D eigenvalue weighted by Gasteiger charge is -2.37. The van der Waals surface area contributed by atoms with Crippen LogP contribution in [-0.4, -0.2) is 47.0 Å². The molecule has 0 aromatic heterocycles. The van der Waals surface area contributed by atoms with Crippen LogP contribution in [0.25, 0.3) is 0 Å². The number of nitrogens with zero attached hydrogens (tertiary/aromatic N) is 2. The van der Waals surface area contributed by atoms with Gasteiger partial charge in [0.2, 0.25) is 0 Å². The van der Waals surface area contributed by atoms with Crippen molar-refractivity contribution in [2.75, 3.05) is 25.4 Å². The van der Waals surface area contributed by atoms with Crippen LogP contribution in [0.5, 0.6) is 0 Å². The molecule has 3 atom stereocenters. The first kappa shape index (κ1) is 12.7. The summed E-state index contributed by atoms with van der Waals surface area (Å²) < 4.78 is 0. The smallest absolute Gasteiger partial charge is 0.157 e. The van der Waals surface area contributed by atoms with Gasteiger partial charge in [-0.3, -0.25) is 4.79 Å². The summed E-state index contributed by atoms with van der Waals surface area (Å²) in [6, 6.07) is 0.614. The average molecular weight is 288 g/mol. The maximum Gasteiger partial charge on any atom is 0.157 e. The van der Waals surface area contributed by atoms with Crippen LogP contribution in [0.15, 0.2) is 34.5 Å². The summed E-state index contributed by atoms with van der Waals surface area (Å²) in [7, 11) is 0. The van der Waals surface area contributed by atoms with Gasteiger partial charge in [0.15, 0.2) is 5.78 Å². The summed E-state index contributed by atoms with van der Waals surface area (Å²) in [5.41, 5.74) is 2.16. The summed E-state index contributed by atoms with van der Waals surface area (Å²) in [5.74, 6) is 1.95. The number of allylic oxidation sites excluding steroid dienone is 2. The van der Waals surface area contributed by atoms with E-state index in [1.165, 1.54) is 37.4 Å². The van der Waals surface area contributed by atoms with Gasteiger partial charge in [-0.2, -0.15) is 0 Å². The predicted molar refractivity (Wildman–Crippen MR) is 82.2 cm³/mol. The molecule has 4 heterocycles. The number of carbonyl (C=O) groups is 1. The summed E-state index contributed by atoms with van der Waals surface area (Å²) >= 11 is 1.81. The molecule has 0 aromatic rings. The van der Waals surface area contributed by atoms with E-state index in [-0.39, 0.29) is 5.78 Å². The number of fused-ring (bicyclic) bond motifs is 3. The fourth-order valence-electron chi connectivity index (χ4n) is 3.85. The van der Waals surface area contributed by atoms with Crippen LogP contribution in [0, 0.1) is 5.92 Å². The molecule has 0 N–H and O–H groups in total. The van der Waals surface area contributed by atoms with Gasteiger partial charge in [-0.1, -0.05) is 0 Å². The third-order valence-electron chi connectivity index (χ3n) is 4.93. The molecule has 0 aromatic carbocycles. The normalized spacial score (nSPS) is 35.4. The van der Waals surface area contributed by atoms with Crippen molar-refractivity contribution < 1.29 is 4.79 Å². The van der Waals surface area contributed by atoms with Crippen molar-refractivity contribution in [3.05, 3.63) is 34.5 Å². The first-order valence-corrected chi connectivity index (χ1v) is 8.46. The molecule has 4 aliphatic heterocycles. The van der Waals surface area contributed by atoms with Gasteiger partial charge >= 0.3 is 0 Å². The molecule has 0 spiro atoms. The number of hydrogen-bond acceptors (Lipinski definition) is 4. The highest BCUT2D eigenvalue weighted by Crippen LogP contribution is 2.41. The first-order chi connectivity index (χ1) is 9.70. The Labute approximate surface area is 124 Å². The van der Waals surface area contributed by atoms with E-state index in [0.717, 1.165) is 22.8 Å². The van der Waals surface area contributed by atoms with E-state index in [9.17, 15) is 4.79 Å². The Kier molecular flexibility index (Phi) is 3.04. The zero-order valence-corrected chi connectivity index (χ0v) is 12.7. The molecule has 2 fully saturated rings. The van der Waals surface area contributed by atoms with Gasteiger partial charge in [0.25, 0.3) is 0 Å². The average Bonchev–Trinajstić information content (AvgIpc) is 3.01. The SMILES string of the molecule is CC(=O)C1=C2C=CN([C@@H]3C[C@H]4CCN(C4)C3)C=C2SC1. The van der Waals surface area contributed by atoms with Crippen LogP contribution in [0.4, 0.5) is 0 Å². The minimum absolute atomic E-state index is 0.218. The number of thioether (sulfide) groups is 1. The largest absolute Gasteiger partial charge is 0.349 e. The maximum absolute atomic E-state index is 11.6. The number of hydrogen-bond donors (Lipinski definition) is 0. The lowest BCUT2D eigenvalue weighted by molar-refractivity contribution is -0.113. The predicted octanol–water partition coefficient (Wildman–Crippen LogP) is 2.38. The second kappa shape index (κ2) is 4.78. The van der Waals surface area contributed by atoms with Crippen LogP contribution in [0.2, 0.25) is 0 Å². The first-order valence-electron chi connectivity index (χ1n) is 7.48. The standard InChI is InChI=1S/C16H20N2OS/c1-11(19)15-10-20-16-9-18(5-3-14(15)16)13-6-12-2-4-17(7-12)8-13/h3,5,9,12-13H,2,4,6-8,10H2,1H3/t12-,13-/m1/s1. The lowest BCUT2D eigenvalue weighted by Crippen LogP contribution is -2.43. The van der Waals surface area contributed by atoms with E-state index in [0.29, 0.717) is 6.04 Å². The molecule has 4 aliphatic rings. The van der Waals surface area contributed by atoms with Crippen LogP contribution < -0.4 is 0 Å². The molecule has 0 saturated carbocycles. The van der Waals surface area contributed by atoms with Gasteiger partial charge in [0, 0.05) is 47.8 Å². The molecule has 3 nitrogen and oxygen atoms in total.